The summed E-state index contributed by atoms with van der Waals surface area (Å²) in [4.78, 5) is 10.6. The number of hydrogen-bond donors (Lipinski definition) is 0. The van der Waals surface area contributed by atoms with E-state index in [1.807, 2.05) is 13.1 Å². The Morgan fingerprint density at radius 1 is 1.64 bits per heavy atom. The quantitative estimate of drug-likeness (QED) is 0.695. The van der Waals surface area contributed by atoms with Gasteiger partial charge in [-0.05, 0) is 13.0 Å². The Labute approximate surface area is 81.1 Å². The van der Waals surface area contributed by atoms with Crippen LogP contribution >= 0.6 is 0 Å². The molecule has 0 spiro atoms. The second-order valence-electron chi connectivity index (χ2n) is 2.90. The zero-order valence-corrected chi connectivity index (χ0v) is 7.80. The first kappa shape index (κ1) is 8.74. The topological polar surface area (TPSA) is 48.0 Å². The fourth-order valence-corrected chi connectivity index (χ4v) is 1.33. The van der Waals surface area contributed by atoms with E-state index >= 15 is 0 Å². The molecule has 0 saturated heterocycles. The maximum atomic E-state index is 10.6. The number of hydrogen-bond acceptors (Lipinski definition) is 3. The van der Waals surface area contributed by atoms with E-state index in [1.165, 1.54) is 6.26 Å². The van der Waals surface area contributed by atoms with Crippen LogP contribution in [0.4, 0.5) is 0 Å². The van der Waals surface area contributed by atoms with Gasteiger partial charge in [0.05, 0.1) is 12.5 Å². The SMILES string of the molecule is CCn1cc(-c2ccoc2C=O)cn1. The minimum Gasteiger partial charge on any atom is -0.461 e. The van der Waals surface area contributed by atoms with E-state index in [0.717, 1.165) is 17.7 Å². The lowest BCUT2D eigenvalue weighted by molar-refractivity contribution is 0.110. The lowest BCUT2D eigenvalue weighted by Crippen LogP contribution is -1.92. The molecule has 0 bridgehead atoms. The van der Waals surface area contributed by atoms with Gasteiger partial charge < -0.3 is 4.42 Å². The van der Waals surface area contributed by atoms with Crippen LogP contribution in [0.15, 0.2) is 29.1 Å². The van der Waals surface area contributed by atoms with Gasteiger partial charge in [0.25, 0.3) is 0 Å². The van der Waals surface area contributed by atoms with Crippen molar-refractivity contribution >= 4 is 6.29 Å². The van der Waals surface area contributed by atoms with E-state index in [0.29, 0.717) is 12.0 Å². The molecule has 0 aromatic carbocycles. The minimum absolute atomic E-state index is 0.348. The predicted molar refractivity (Wildman–Crippen MR) is 51.0 cm³/mol. The van der Waals surface area contributed by atoms with Crippen molar-refractivity contribution in [3.05, 3.63) is 30.5 Å². The molecule has 14 heavy (non-hydrogen) atoms. The van der Waals surface area contributed by atoms with Gasteiger partial charge in [-0.1, -0.05) is 0 Å². The molecule has 0 fully saturated rings. The second-order valence-corrected chi connectivity index (χ2v) is 2.90. The molecule has 2 aromatic rings. The number of furan rings is 1. The molecule has 0 aliphatic carbocycles. The average Bonchev–Trinajstić information content (AvgIpc) is 2.85. The summed E-state index contributed by atoms with van der Waals surface area (Å²) < 4.78 is 6.81. The van der Waals surface area contributed by atoms with Crippen molar-refractivity contribution in [3.8, 4) is 11.1 Å². The van der Waals surface area contributed by atoms with Gasteiger partial charge in [-0.3, -0.25) is 9.48 Å². The summed E-state index contributed by atoms with van der Waals surface area (Å²) in [6.45, 7) is 2.82. The Balaban J connectivity index is 2.43. The summed E-state index contributed by atoms with van der Waals surface area (Å²) in [5.74, 6) is 0.348. The van der Waals surface area contributed by atoms with Gasteiger partial charge >= 0.3 is 0 Å². The third kappa shape index (κ3) is 1.35. The summed E-state index contributed by atoms with van der Waals surface area (Å²) in [7, 11) is 0. The first-order chi connectivity index (χ1) is 6.85. The van der Waals surface area contributed by atoms with Crippen molar-refractivity contribution in [3.63, 3.8) is 0 Å². The molecule has 0 amide bonds. The summed E-state index contributed by atoms with van der Waals surface area (Å²) in [6, 6.07) is 1.76. The van der Waals surface area contributed by atoms with Gasteiger partial charge in [0.15, 0.2) is 12.0 Å². The molecular formula is C10H10N2O2. The lowest BCUT2D eigenvalue weighted by Gasteiger charge is -1.92. The van der Waals surface area contributed by atoms with Crippen molar-refractivity contribution in [2.45, 2.75) is 13.5 Å². The standard InChI is InChI=1S/C10H10N2O2/c1-2-12-6-8(5-11-12)9-3-4-14-10(9)7-13/h3-7H,2H2,1H3. The molecule has 0 radical (unpaired) electrons. The summed E-state index contributed by atoms with van der Waals surface area (Å²) in [5, 5.41) is 4.13. The summed E-state index contributed by atoms with van der Waals surface area (Å²) in [5.41, 5.74) is 1.70. The predicted octanol–water partition coefficient (Wildman–Crippen LogP) is 1.98. The smallest absolute Gasteiger partial charge is 0.185 e. The Hall–Kier alpha value is -1.84. The number of aromatic nitrogens is 2. The molecule has 4 heteroatoms. The second kappa shape index (κ2) is 3.49. The Morgan fingerprint density at radius 3 is 3.14 bits per heavy atom. The molecule has 0 atom stereocenters. The van der Waals surface area contributed by atoms with Crippen LogP contribution < -0.4 is 0 Å². The van der Waals surface area contributed by atoms with Crippen molar-refractivity contribution in [1.29, 1.82) is 0 Å². The molecule has 72 valence electrons. The highest BCUT2D eigenvalue weighted by Crippen LogP contribution is 2.22. The molecule has 0 N–H and O–H groups in total. The highest BCUT2D eigenvalue weighted by atomic mass is 16.3. The van der Waals surface area contributed by atoms with Crippen molar-refractivity contribution in [1.82, 2.24) is 9.78 Å². The lowest BCUT2D eigenvalue weighted by atomic mass is 10.1. The first-order valence-corrected chi connectivity index (χ1v) is 4.40. The summed E-state index contributed by atoms with van der Waals surface area (Å²) >= 11 is 0. The van der Waals surface area contributed by atoms with Crippen LogP contribution in [0.25, 0.3) is 11.1 Å². The van der Waals surface area contributed by atoms with Crippen LogP contribution in [0.3, 0.4) is 0 Å². The molecule has 2 heterocycles. The number of nitrogens with zero attached hydrogens (tertiary/aromatic N) is 2. The average molecular weight is 190 g/mol. The van der Waals surface area contributed by atoms with Gasteiger partial charge in [-0.15, -0.1) is 0 Å². The number of carbonyl (C=O) groups excluding carboxylic acids is 1. The van der Waals surface area contributed by atoms with E-state index < -0.39 is 0 Å². The van der Waals surface area contributed by atoms with E-state index in [4.69, 9.17) is 4.42 Å². The maximum absolute atomic E-state index is 10.6. The Kier molecular flexibility index (Phi) is 2.18. The monoisotopic (exact) mass is 190 g/mol. The number of carbonyl (C=O) groups is 1. The molecule has 0 unspecified atom stereocenters. The number of aldehydes is 1. The molecule has 2 aromatic heterocycles. The van der Waals surface area contributed by atoms with Crippen molar-refractivity contribution < 1.29 is 9.21 Å². The molecular weight excluding hydrogens is 180 g/mol. The highest BCUT2D eigenvalue weighted by Gasteiger charge is 2.09. The van der Waals surface area contributed by atoms with Crippen LogP contribution in [0.2, 0.25) is 0 Å². The minimum atomic E-state index is 0.348. The molecule has 2 rings (SSSR count). The zero-order chi connectivity index (χ0) is 9.97. The van der Waals surface area contributed by atoms with Crippen molar-refractivity contribution in [2.24, 2.45) is 0 Å². The fourth-order valence-electron chi connectivity index (χ4n) is 1.33. The van der Waals surface area contributed by atoms with Crippen LogP contribution in [-0.4, -0.2) is 16.1 Å². The van der Waals surface area contributed by atoms with Crippen LogP contribution in [0.5, 0.6) is 0 Å². The number of aryl methyl sites for hydroxylation is 1. The first-order valence-electron chi connectivity index (χ1n) is 4.40. The molecule has 4 nitrogen and oxygen atoms in total. The van der Waals surface area contributed by atoms with E-state index in [1.54, 1.807) is 16.9 Å². The fraction of sp³-hybridized carbons (Fsp3) is 0.200. The Morgan fingerprint density at radius 2 is 2.50 bits per heavy atom. The van der Waals surface area contributed by atoms with Gasteiger partial charge in [0.1, 0.15) is 0 Å². The van der Waals surface area contributed by atoms with Gasteiger partial charge in [0, 0.05) is 23.9 Å². The third-order valence-corrected chi connectivity index (χ3v) is 2.07. The number of rotatable bonds is 3. The molecule has 0 aliphatic heterocycles. The van der Waals surface area contributed by atoms with Crippen LogP contribution in [0, 0.1) is 0 Å². The summed E-state index contributed by atoms with van der Waals surface area (Å²) in [6.07, 6.45) is 5.82. The molecule has 0 aliphatic rings. The van der Waals surface area contributed by atoms with E-state index in [2.05, 4.69) is 5.10 Å². The highest BCUT2D eigenvalue weighted by molar-refractivity contribution is 5.83. The van der Waals surface area contributed by atoms with Gasteiger partial charge in [0.2, 0.25) is 0 Å². The molecule has 0 saturated carbocycles. The zero-order valence-electron chi connectivity index (χ0n) is 7.80. The maximum Gasteiger partial charge on any atom is 0.185 e. The van der Waals surface area contributed by atoms with Crippen LogP contribution in [-0.2, 0) is 6.54 Å². The van der Waals surface area contributed by atoms with Crippen LogP contribution in [0.1, 0.15) is 17.5 Å². The Bertz CT molecular complexity index is 442. The van der Waals surface area contributed by atoms with E-state index in [-0.39, 0.29) is 0 Å². The van der Waals surface area contributed by atoms with Gasteiger partial charge in [-0.2, -0.15) is 5.10 Å². The normalized spacial score (nSPS) is 10.4. The van der Waals surface area contributed by atoms with Crippen molar-refractivity contribution in [2.75, 3.05) is 0 Å². The largest absolute Gasteiger partial charge is 0.461 e. The van der Waals surface area contributed by atoms with E-state index in [9.17, 15) is 4.79 Å². The third-order valence-electron chi connectivity index (χ3n) is 2.07. The van der Waals surface area contributed by atoms with Gasteiger partial charge in [-0.25, -0.2) is 0 Å².